The first-order valence-corrected chi connectivity index (χ1v) is 7.18. The topological polar surface area (TPSA) is 53.1 Å². The Morgan fingerprint density at radius 3 is 2.50 bits per heavy atom. The van der Waals surface area contributed by atoms with E-state index in [0.717, 1.165) is 0 Å². The van der Waals surface area contributed by atoms with Gasteiger partial charge in [0.15, 0.2) is 0 Å². The maximum absolute atomic E-state index is 13.1. The molecule has 0 aliphatic heterocycles. The number of aromatic nitrogens is 1. The first kappa shape index (κ1) is 14.9. The molecule has 2 N–H and O–H groups in total. The fourth-order valence-electron chi connectivity index (χ4n) is 2.50. The van der Waals surface area contributed by atoms with Crippen LogP contribution in [0.25, 0.3) is 22.2 Å². The Kier molecular flexibility index (Phi) is 3.81. The summed E-state index contributed by atoms with van der Waals surface area (Å²) in [5.74, 6) is -1.34. The van der Waals surface area contributed by atoms with E-state index in [1.165, 1.54) is 12.1 Å². The molecule has 0 atom stereocenters. The minimum Gasteiger partial charge on any atom is -0.481 e. The third-order valence-corrected chi connectivity index (χ3v) is 3.90. The van der Waals surface area contributed by atoms with Crippen LogP contribution in [0.3, 0.4) is 0 Å². The second-order valence-corrected chi connectivity index (χ2v) is 5.71. The lowest BCUT2D eigenvalue weighted by Gasteiger charge is -2.04. The van der Waals surface area contributed by atoms with E-state index in [0.29, 0.717) is 37.8 Å². The number of rotatable bonds is 3. The Labute approximate surface area is 135 Å². The van der Waals surface area contributed by atoms with E-state index < -0.39 is 5.97 Å². The number of carboxylic acid groups (broad SMARTS) is 1. The Balaban J connectivity index is 2.30. The molecule has 0 saturated heterocycles. The van der Waals surface area contributed by atoms with E-state index >= 15 is 0 Å². The SMILES string of the molecule is O=C(O)Cc1c(-c2ccc(F)cc2)[nH]c2cc(Cl)cc(Cl)c12. The molecule has 1 heterocycles. The molecule has 2 aromatic carbocycles. The average Bonchev–Trinajstić information content (AvgIpc) is 2.77. The summed E-state index contributed by atoms with van der Waals surface area (Å²) in [5, 5.41) is 10.6. The quantitative estimate of drug-likeness (QED) is 0.713. The highest BCUT2D eigenvalue weighted by atomic mass is 35.5. The van der Waals surface area contributed by atoms with Crippen LogP contribution in [0.2, 0.25) is 10.0 Å². The van der Waals surface area contributed by atoms with Gasteiger partial charge in [-0.25, -0.2) is 4.39 Å². The van der Waals surface area contributed by atoms with Gasteiger partial charge in [0, 0.05) is 15.9 Å². The van der Waals surface area contributed by atoms with Crippen molar-refractivity contribution in [2.24, 2.45) is 0 Å². The summed E-state index contributed by atoms with van der Waals surface area (Å²) in [6.45, 7) is 0. The van der Waals surface area contributed by atoms with E-state index in [2.05, 4.69) is 4.98 Å². The maximum atomic E-state index is 13.1. The summed E-state index contributed by atoms with van der Waals surface area (Å²) in [4.78, 5) is 14.3. The third-order valence-electron chi connectivity index (χ3n) is 3.38. The minimum absolute atomic E-state index is 0.200. The number of aliphatic carboxylic acids is 1. The van der Waals surface area contributed by atoms with E-state index in [4.69, 9.17) is 28.3 Å². The van der Waals surface area contributed by atoms with Crippen LogP contribution in [-0.4, -0.2) is 16.1 Å². The Bertz CT molecular complexity index is 872. The fraction of sp³-hybridized carbons (Fsp3) is 0.0625. The smallest absolute Gasteiger partial charge is 0.307 e. The van der Waals surface area contributed by atoms with Crippen molar-refractivity contribution < 1.29 is 14.3 Å². The number of hydrogen-bond donors (Lipinski definition) is 2. The Morgan fingerprint density at radius 1 is 1.18 bits per heavy atom. The first-order chi connectivity index (χ1) is 10.5. The van der Waals surface area contributed by atoms with Crippen LogP contribution in [0, 0.1) is 5.82 Å². The molecule has 0 unspecified atom stereocenters. The van der Waals surface area contributed by atoms with Crippen LogP contribution in [-0.2, 0) is 11.2 Å². The number of carboxylic acids is 1. The second kappa shape index (κ2) is 5.63. The lowest BCUT2D eigenvalue weighted by molar-refractivity contribution is -0.136. The molecular formula is C16H10Cl2FNO2. The van der Waals surface area contributed by atoms with E-state index in [9.17, 15) is 9.18 Å². The molecule has 0 spiro atoms. The summed E-state index contributed by atoms with van der Waals surface area (Å²) < 4.78 is 13.1. The number of hydrogen-bond acceptors (Lipinski definition) is 1. The molecule has 1 aromatic heterocycles. The molecule has 22 heavy (non-hydrogen) atoms. The van der Waals surface area contributed by atoms with Crippen LogP contribution in [0.4, 0.5) is 4.39 Å². The molecule has 3 aromatic rings. The van der Waals surface area contributed by atoms with Gasteiger partial charge in [0.05, 0.1) is 17.1 Å². The van der Waals surface area contributed by atoms with Gasteiger partial charge in [-0.15, -0.1) is 0 Å². The second-order valence-electron chi connectivity index (χ2n) is 4.87. The molecule has 0 fully saturated rings. The van der Waals surface area contributed by atoms with Gasteiger partial charge in [-0.1, -0.05) is 23.2 Å². The van der Waals surface area contributed by atoms with Crippen LogP contribution in [0.1, 0.15) is 5.56 Å². The zero-order valence-corrected chi connectivity index (χ0v) is 12.7. The highest BCUT2D eigenvalue weighted by Gasteiger charge is 2.18. The number of H-pyrrole nitrogens is 1. The van der Waals surface area contributed by atoms with Crippen molar-refractivity contribution in [2.75, 3.05) is 0 Å². The summed E-state index contributed by atoms with van der Waals surface area (Å²) in [5.41, 5.74) is 2.48. The molecule has 0 aliphatic carbocycles. The lowest BCUT2D eigenvalue weighted by atomic mass is 10.0. The highest BCUT2D eigenvalue weighted by molar-refractivity contribution is 6.39. The average molecular weight is 338 g/mol. The van der Waals surface area contributed by atoms with Gasteiger partial charge in [-0.2, -0.15) is 0 Å². The van der Waals surface area contributed by atoms with Gasteiger partial charge in [0.2, 0.25) is 0 Å². The van der Waals surface area contributed by atoms with Gasteiger partial charge in [0.1, 0.15) is 5.82 Å². The normalized spacial score (nSPS) is 11.0. The van der Waals surface area contributed by atoms with Crippen molar-refractivity contribution in [3.63, 3.8) is 0 Å². The standard InChI is InChI=1S/C16H10Cl2FNO2/c17-9-5-12(18)15-11(7-14(21)22)16(20-13(15)6-9)8-1-3-10(19)4-2-8/h1-6,20H,7H2,(H,21,22). The van der Waals surface area contributed by atoms with Crippen LogP contribution < -0.4 is 0 Å². The van der Waals surface area contributed by atoms with Gasteiger partial charge in [0.25, 0.3) is 0 Å². The predicted octanol–water partition coefficient (Wildman–Crippen LogP) is 4.91. The van der Waals surface area contributed by atoms with Crippen LogP contribution in [0.15, 0.2) is 36.4 Å². The summed E-state index contributed by atoms with van der Waals surface area (Å²) in [7, 11) is 0. The van der Waals surface area contributed by atoms with Crippen molar-refractivity contribution in [3.8, 4) is 11.3 Å². The fourth-order valence-corrected chi connectivity index (χ4v) is 3.11. The molecule has 3 nitrogen and oxygen atoms in total. The van der Waals surface area contributed by atoms with Gasteiger partial charge in [-0.05, 0) is 47.5 Å². The number of nitrogens with one attached hydrogen (secondary N) is 1. The molecule has 0 bridgehead atoms. The zero-order valence-electron chi connectivity index (χ0n) is 11.2. The monoisotopic (exact) mass is 337 g/mol. The number of aromatic amines is 1. The highest BCUT2D eigenvalue weighted by Crippen LogP contribution is 2.36. The summed E-state index contributed by atoms with van der Waals surface area (Å²) in [6.07, 6.45) is -0.200. The maximum Gasteiger partial charge on any atom is 0.307 e. The molecule has 3 rings (SSSR count). The van der Waals surface area contributed by atoms with Gasteiger partial charge >= 0.3 is 5.97 Å². The third kappa shape index (κ3) is 2.67. The number of benzene rings is 2. The molecule has 0 aliphatic rings. The van der Waals surface area contributed by atoms with Crippen molar-refractivity contribution >= 4 is 40.1 Å². The van der Waals surface area contributed by atoms with Crippen LogP contribution in [0.5, 0.6) is 0 Å². The van der Waals surface area contributed by atoms with Gasteiger partial charge < -0.3 is 10.1 Å². The van der Waals surface area contributed by atoms with E-state index in [1.807, 2.05) is 0 Å². The van der Waals surface area contributed by atoms with Crippen molar-refractivity contribution in [1.29, 1.82) is 0 Å². The Hall–Kier alpha value is -2.04. The van der Waals surface area contributed by atoms with E-state index in [1.54, 1.807) is 24.3 Å². The molecule has 0 radical (unpaired) electrons. The molecule has 0 amide bonds. The molecule has 112 valence electrons. The summed E-state index contributed by atoms with van der Waals surface area (Å²) >= 11 is 12.2. The van der Waals surface area contributed by atoms with Crippen molar-refractivity contribution in [2.45, 2.75) is 6.42 Å². The van der Waals surface area contributed by atoms with Crippen LogP contribution >= 0.6 is 23.2 Å². The van der Waals surface area contributed by atoms with Crippen molar-refractivity contribution in [1.82, 2.24) is 4.98 Å². The number of fused-ring (bicyclic) bond motifs is 1. The van der Waals surface area contributed by atoms with E-state index in [-0.39, 0.29) is 12.2 Å². The molecular weight excluding hydrogens is 328 g/mol. The zero-order chi connectivity index (χ0) is 15.9. The number of carbonyl (C=O) groups is 1. The largest absolute Gasteiger partial charge is 0.481 e. The molecule has 0 saturated carbocycles. The predicted molar refractivity (Wildman–Crippen MR) is 85.1 cm³/mol. The number of halogens is 3. The first-order valence-electron chi connectivity index (χ1n) is 6.43. The van der Waals surface area contributed by atoms with Gasteiger partial charge in [-0.3, -0.25) is 4.79 Å². The minimum atomic E-state index is -0.977. The Morgan fingerprint density at radius 2 is 1.86 bits per heavy atom. The summed E-state index contributed by atoms with van der Waals surface area (Å²) in [6, 6.07) is 9.06. The van der Waals surface area contributed by atoms with Crippen molar-refractivity contribution in [3.05, 3.63) is 57.8 Å². The lowest BCUT2D eigenvalue weighted by Crippen LogP contribution is -2.01. The molecule has 6 heteroatoms.